The van der Waals surface area contributed by atoms with E-state index in [-0.39, 0.29) is 12.0 Å². The van der Waals surface area contributed by atoms with Crippen LogP contribution in [0.25, 0.3) is 10.9 Å². The molecule has 1 atom stereocenters. The minimum absolute atomic E-state index is 0.0490. The smallest absolute Gasteiger partial charge is 0.256 e. The standard InChI is InChI=1S/C21H30N2O3/c1-7-25-21(6,13-14(2)3)20(24)23-17-10-11-18(26-15(4)5)19-16(17)9-8-12-22-19/h8-12,14-15H,7,13H2,1-6H3,(H,23,24)/t21-/m0/s1. The molecule has 0 unspecified atom stereocenters. The Labute approximate surface area is 156 Å². The highest BCUT2D eigenvalue weighted by Gasteiger charge is 2.35. The number of carbonyl (C=O) groups is 1. The predicted molar refractivity (Wildman–Crippen MR) is 106 cm³/mol. The van der Waals surface area contributed by atoms with Crippen LogP contribution < -0.4 is 10.1 Å². The van der Waals surface area contributed by atoms with E-state index in [4.69, 9.17) is 9.47 Å². The Kier molecular flexibility index (Phi) is 6.59. The molecule has 0 saturated carbocycles. The van der Waals surface area contributed by atoms with Crippen LogP contribution in [0.1, 0.15) is 48.0 Å². The van der Waals surface area contributed by atoms with E-state index < -0.39 is 5.60 Å². The second-order valence-corrected chi connectivity index (χ2v) is 7.39. The van der Waals surface area contributed by atoms with Gasteiger partial charge in [-0.2, -0.15) is 0 Å². The maximum atomic E-state index is 13.0. The zero-order valence-corrected chi connectivity index (χ0v) is 16.6. The number of hydrogen-bond acceptors (Lipinski definition) is 4. The summed E-state index contributed by atoms with van der Waals surface area (Å²) in [5, 5.41) is 3.89. The molecule has 5 nitrogen and oxygen atoms in total. The molecule has 0 fully saturated rings. The van der Waals surface area contributed by atoms with E-state index in [9.17, 15) is 4.79 Å². The fourth-order valence-electron chi connectivity index (χ4n) is 3.17. The second kappa shape index (κ2) is 8.49. The van der Waals surface area contributed by atoms with Gasteiger partial charge in [-0.05, 0) is 64.3 Å². The third-order valence-corrected chi connectivity index (χ3v) is 4.08. The molecule has 0 aliphatic rings. The molecule has 0 radical (unpaired) electrons. The average Bonchev–Trinajstić information content (AvgIpc) is 2.56. The van der Waals surface area contributed by atoms with Gasteiger partial charge in [-0.15, -0.1) is 0 Å². The Bertz CT molecular complexity index is 758. The number of benzene rings is 1. The molecule has 1 aromatic carbocycles. The molecule has 1 aromatic heterocycles. The highest BCUT2D eigenvalue weighted by atomic mass is 16.5. The SMILES string of the molecule is CCO[C@@](C)(CC(C)C)C(=O)Nc1ccc(OC(C)C)c2ncccc12. The summed E-state index contributed by atoms with van der Waals surface area (Å²) in [6.45, 7) is 12.4. The number of hydrogen-bond donors (Lipinski definition) is 1. The number of pyridine rings is 1. The van der Waals surface area contributed by atoms with Gasteiger partial charge >= 0.3 is 0 Å². The van der Waals surface area contributed by atoms with Gasteiger partial charge in [-0.3, -0.25) is 9.78 Å². The molecule has 2 rings (SSSR count). The lowest BCUT2D eigenvalue weighted by Crippen LogP contribution is -2.44. The van der Waals surface area contributed by atoms with Crippen molar-refractivity contribution >= 4 is 22.5 Å². The Morgan fingerprint density at radius 1 is 1.23 bits per heavy atom. The quantitative estimate of drug-likeness (QED) is 0.736. The molecule has 1 heterocycles. The lowest BCUT2D eigenvalue weighted by molar-refractivity contribution is -0.140. The first-order valence-corrected chi connectivity index (χ1v) is 9.26. The first kappa shape index (κ1) is 20.2. The maximum absolute atomic E-state index is 13.0. The third kappa shape index (κ3) is 4.73. The average molecular weight is 358 g/mol. The van der Waals surface area contributed by atoms with Gasteiger partial charge in [0.25, 0.3) is 5.91 Å². The van der Waals surface area contributed by atoms with Crippen molar-refractivity contribution in [1.82, 2.24) is 4.98 Å². The number of amides is 1. The fourth-order valence-corrected chi connectivity index (χ4v) is 3.17. The van der Waals surface area contributed by atoms with Crippen LogP contribution >= 0.6 is 0 Å². The first-order valence-electron chi connectivity index (χ1n) is 9.26. The van der Waals surface area contributed by atoms with E-state index in [1.807, 2.05) is 52.0 Å². The molecule has 2 aromatic rings. The number of carbonyl (C=O) groups excluding carboxylic acids is 1. The summed E-state index contributed by atoms with van der Waals surface area (Å²) in [5.41, 5.74) is 0.578. The summed E-state index contributed by atoms with van der Waals surface area (Å²) < 4.78 is 11.7. The van der Waals surface area contributed by atoms with Crippen molar-refractivity contribution in [2.75, 3.05) is 11.9 Å². The maximum Gasteiger partial charge on any atom is 0.256 e. The summed E-state index contributed by atoms with van der Waals surface area (Å²) in [6.07, 6.45) is 2.43. The number of anilines is 1. The van der Waals surface area contributed by atoms with Crippen molar-refractivity contribution in [3.8, 4) is 5.75 Å². The first-order chi connectivity index (χ1) is 12.3. The molecule has 0 aliphatic heterocycles. The van der Waals surface area contributed by atoms with Crippen molar-refractivity contribution < 1.29 is 14.3 Å². The molecule has 1 N–H and O–H groups in total. The van der Waals surface area contributed by atoms with Crippen LogP contribution in [0.5, 0.6) is 5.75 Å². The van der Waals surface area contributed by atoms with Gasteiger partial charge in [-0.25, -0.2) is 0 Å². The number of rotatable bonds is 8. The van der Waals surface area contributed by atoms with E-state index in [1.165, 1.54) is 0 Å². The van der Waals surface area contributed by atoms with Gasteiger partial charge in [0, 0.05) is 18.2 Å². The summed E-state index contributed by atoms with van der Waals surface area (Å²) in [6, 6.07) is 7.51. The molecule has 5 heteroatoms. The van der Waals surface area contributed by atoms with E-state index in [0.717, 1.165) is 10.9 Å². The largest absolute Gasteiger partial charge is 0.489 e. The van der Waals surface area contributed by atoms with E-state index in [0.29, 0.717) is 30.4 Å². The van der Waals surface area contributed by atoms with Crippen LogP contribution in [0, 0.1) is 5.92 Å². The second-order valence-electron chi connectivity index (χ2n) is 7.39. The van der Waals surface area contributed by atoms with Crippen molar-refractivity contribution in [3.05, 3.63) is 30.5 Å². The van der Waals surface area contributed by atoms with Crippen molar-refractivity contribution in [2.24, 2.45) is 5.92 Å². The van der Waals surface area contributed by atoms with E-state index >= 15 is 0 Å². The Hall–Kier alpha value is -2.14. The van der Waals surface area contributed by atoms with Crippen LogP contribution in [0.15, 0.2) is 30.5 Å². The van der Waals surface area contributed by atoms with Gasteiger partial charge in [0.2, 0.25) is 0 Å². The molecule has 142 valence electrons. The minimum atomic E-state index is -0.870. The topological polar surface area (TPSA) is 60.5 Å². The minimum Gasteiger partial charge on any atom is -0.489 e. The Morgan fingerprint density at radius 3 is 2.58 bits per heavy atom. The number of aromatic nitrogens is 1. The molecular weight excluding hydrogens is 328 g/mol. The fraction of sp³-hybridized carbons (Fsp3) is 0.524. The van der Waals surface area contributed by atoms with Gasteiger partial charge < -0.3 is 14.8 Å². The zero-order valence-electron chi connectivity index (χ0n) is 16.6. The number of nitrogens with one attached hydrogen (secondary N) is 1. The summed E-state index contributed by atoms with van der Waals surface area (Å²) in [7, 11) is 0. The number of ether oxygens (including phenoxy) is 2. The molecule has 0 aliphatic carbocycles. The monoisotopic (exact) mass is 358 g/mol. The highest BCUT2D eigenvalue weighted by molar-refractivity contribution is 6.05. The molecule has 0 bridgehead atoms. The predicted octanol–water partition coefficient (Wildman–Crippen LogP) is 4.80. The Balaban J connectivity index is 2.37. The normalized spacial score (nSPS) is 13.8. The van der Waals surface area contributed by atoms with Crippen molar-refractivity contribution in [2.45, 2.75) is 59.7 Å². The van der Waals surface area contributed by atoms with Crippen LogP contribution in [0.4, 0.5) is 5.69 Å². The van der Waals surface area contributed by atoms with Crippen molar-refractivity contribution in [1.29, 1.82) is 0 Å². The molecule has 1 amide bonds. The number of fused-ring (bicyclic) bond motifs is 1. The van der Waals surface area contributed by atoms with E-state index in [2.05, 4.69) is 24.1 Å². The van der Waals surface area contributed by atoms with Crippen LogP contribution in [-0.4, -0.2) is 29.2 Å². The van der Waals surface area contributed by atoms with Gasteiger partial charge in [0.1, 0.15) is 16.9 Å². The lowest BCUT2D eigenvalue weighted by Gasteiger charge is -2.30. The molecule has 0 spiro atoms. The summed E-state index contributed by atoms with van der Waals surface area (Å²) in [4.78, 5) is 17.4. The molecular formula is C21H30N2O3. The van der Waals surface area contributed by atoms with Gasteiger partial charge in [0.15, 0.2) is 0 Å². The van der Waals surface area contributed by atoms with Crippen molar-refractivity contribution in [3.63, 3.8) is 0 Å². The lowest BCUT2D eigenvalue weighted by atomic mass is 9.93. The number of nitrogens with zero attached hydrogens (tertiary/aromatic N) is 1. The molecule has 0 saturated heterocycles. The van der Waals surface area contributed by atoms with E-state index in [1.54, 1.807) is 6.20 Å². The zero-order chi connectivity index (χ0) is 19.3. The summed E-state index contributed by atoms with van der Waals surface area (Å²) >= 11 is 0. The van der Waals surface area contributed by atoms with Gasteiger partial charge in [-0.1, -0.05) is 13.8 Å². The van der Waals surface area contributed by atoms with Crippen LogP contribution in [0.3, 0.4) is 0 Å². The third-order valence-electron chi connectivity index (χ3n) is 4.08. The Morgan fingerprint density at radius 2 is 1.96 bits per heavy atom. The highest BCUT2D eigenvalue weighted by Crippen LogP contribution is 2.32. The molecule has 26 heavy (non-hydrogen) atoms. The van der Waals surface area contributed by atoms with Crippen LogP contribution in [0.2, 0.25) is 0 Å². The van der Waals surface area contributed by atoms with Crippen LogP contribution in [-0.2, 0) is 9.53 Å². The summed E-state index contributed by atoms with van der Waals surface area (Å²) in [5.74, 6) is 0.914. The van der Waals surface area contributed by atoms with Gasteiger partial charge in [0.05, 0.1) is 11.8 Å².